The summed E-state index contributed by atoms with van der Waals surface area (Å²) in [6.07, 6.45) is 3.66. The maximum absolute atomic E-state index is 5.40. The van der Waals surface area contributed by atoms with Crippen LogP contribution in [0.5, 0.6) is 11.8 Å². The van der Waals surface area contributed by atoms with E-state index in [4.69, 9.17) is 14.2 Å². The molecule has 1 N–H and O–H groups in total. The number of rotatable bonds is 6. The first-order valence-corrected chi connectivity index (χ1v) is 6.99. The second kappa shape index (κ2) is 7.40. The van der Waals surface area contributed by atoms with Gasteiger partial charge in [-0.3, -0.25) is 0 Å². The van der Waals surface area contributed by atoms with Crippen molar-refractivity contribution < 1.29 is 14.2 Å². The monoisotopic (exact) mass is 281 g/mol. The van der Waals surface area contributed by atoms with Gasteiger partial charge in [-0.05, 0) is 25.7 Å². The first-order valence-electron chi connectivity index (χ1n) is 6.99. The Balaban J connectivity index is 1.98. The van der Waals surface area contributed by atoms with E-state index in [9.17, 15) is 0 Å². The Hall–Kier alpha value is -1.40. The van der Waals surface area contributed by atoms with Gasteiger partial charge in [0.25, 0.3) is 0 Å². The maximum Gasteiger partial charge on any atom is 0.224 e. The van der Waals surface area contributed by atoms with E-state index in [0.29, 0.717) is 30.3 Å². The third kappa shape index (κ3) is 3.58. The number of ether oxygens (including phenoxy) is 3. The van der Waals surface area contributed by atoms with Gasteiger partial charge in [0.15, 0.2) is 0 Å². The lowest BCUT2D eigenvalue weighted by Crippen LogP contribution is -2.36. The molecule has 6 nitrogen and oxygen atoms in total. The smallest absolute Gasteiger partial charge is 0.224 e. The summed E-state index contributed by atoms with van der Waals surface area (Å²) in [5.41, 5.74) is 0.858. The molecule has 1 atom stereocenters. The van der Waals surface area contributed by atoms with Crippen LogP contribution < -0.4 is 14.8 Å². The van der Waals surface area contributed by atoms with Gasteiger partial charge in [0.05, 0.1) is 19.8 Å². The van der Waals surface area contributed by atoms with Gasteiger partial charge in [0, 0.05) is 25.8 Å². The molecule has 0 saturated carbocycles. The van der Waals surface area contributed by atoms with Gasteiger partial charge in [0.2, 0.25) is 11.8 Å². The first-order chi connectivity index (χ1) is 9.76. The van der Waals surface area contributed by atoms with Gasteiger partial charge in [0.1, 0.15) is 6.33 Å². The number of hydrogen-bond donors (Lipinski definition) is 1. The van der Waals surface area contributed by atoms with Gasteiger partial charge >= 0.3 is 0 Å². The Morgan fingerprint density at radius 2 is 1.85 bits per heavy atom. The lowest BCUT2D eigenvalue weighted by atomic mass is 9.93. The number of methoxy groups -OCH3 is 2. The number of nitrogens with zero attached hydrogens (tertiary/aromatic N) is 2. The molecule has 0 radical (unpaired) electrons. The van der Waals surface area contributed by atoms with E-state index in [1.54, 1.807) is 14.2 Å². The molecule has 1 aliphatic heterocycles. The first kappa shape index (κ1) is 15.0. The molecule has 2 heterocycles. The van der Waals surface area contributed by atoms with Crippen molar-refractivity contribution in [3.63, 3.8) is 0 Å². The van der Waals surface area contributed by atoms with Gasteiger partial charge in [-0.15, -0.1) is 0 Å². The van der Waals surface area contributed by atoms with Crippen molar-refractivity contribution in [1.82, 2.24) is 15.3 Å². The Morgan fingerprint density at radius 3 is 2.40 bits per heavy atom. The molecule has 1 aromatic rings. The molecule has 0 bridgehead atoms. The normalized spacial score (nSPS) is 17.8. The molecule has 0 aliphatic carbocycles. The predicted molar refractivity (Wildman–Crippen MR) is 75.0 cm³/mol. The summed E-state index contributed by atoms with van der Waals surface area (Å²) in [6.45, 7) is 4.56. The molecule has 1 unspecified atom stereocenters. The topological polar surface area (TPSA) is 65.5 Å². The zero-order valence-electron chi connectivity index (χ0n) is 12.4. The minimum atomic E-state index is 0.411. The molecule has 1 saturated heterocycles. The Kier molecular flexibility index (Phi) is 5.55. The molecular weight excluding hydrogens is 258 g/mol. The van der Waals surface area contributed by atoms with Crippen LogP contribution in [0.1, 0.15) is 25.3 Å². The van der Waals surface area contributed by atoms with Crippen LogP contribution in [0.15, 0.2) is 6.33 Å². The fraction of sp³-hybridized carbons (Fsp3) is 0.714. The summed E-state index contributed by atoms with van der Waals surface area (Å²) in [6, 6.07) is 0.411. The maximum atomic E-state index is 5.40. The molecule has 0 spiro atoms. The molecule has 1 fully saturated rings. The van der Waals surface area contributed by atoms with Crippen molar-refractivity contribution in [2.45, 2.75) is 32.4 Å². The summed E-state index contributed by atoms with van der Waals surface area (Å²) in [7, 11) is 3.21. The average molecular weight is 281 g/mol. The van der Waals surface area contributed by atoms with E-state index in [2.05, 4.69) is 22.2 Å². The fourth-order valence-electron chi connectivity index (χ4n) is 2.53. The van der Waals surface area contributed by atoms with Crippen molar-refractivity contribution in [2.24, 2.45) is 5.92 Å². The third-order valence-electron chi connectivity index (χ3n) is 3.83. The van der Waals surface area contributed by atoms with E-state index in [0.717, 1.165) is 31.6 Å². The van der Waals surface area contributed by atoms with Crippen molar-refractivity contribution in [3.05, 3.63) is 11.9 Å². The van der Waals surface area contributed by atoms with Crippen LogP contribution >= 0.6 is 0 Å². The van der Waals surface area contributed by atoms with Crippen LogP contribution in [0, 0.1) is 5.92 Å². The van der Waals surface area contributed by atoms with Crippen LogP contribution in [-0.4, -0.2) is 43.4 Å². The average Bonchev–Trinajstić information content (AvgIpc) is 2.52. The minimum absolute atomic E-state index is 0.411. The van der Waals surface area contributed by atoms with Crippen molar-refractivity contribution in [3.8, 4) is 11.8 Å². The predicted octanol–water partition coefficient (Wildman–Crippen LogP) is 1.40. The van der Waals surface area contributed by atoms with Crippen LogP contribution in [0.2, 0.25) is 0 Å². The SMILES string of the molecule is COc1ncnc(OC)c1CNC(C)C1CCOCC1. The molecular formula is C14H23N3O3. The number of aromatic nitrogens is 2. The highest BCUT2D eigenvalue weighted by atomic mass is 16.5. The Labute approximate surface area is 119 Å². The van der Waals surface area contributed by atoms with Crippen molar-refractivity contribution in [2.75, 3.05) is 27.4 Å². The van der Waals surface area contributed by atoms with Crippen LogP contribution in [-0.2, 0) is 11.3 Å². The number of hydrogen-bond acceptors (Lipinski definition) is 6. The molecule has 20 heavy (non-hydrogen) atoms. The van der Waals surface area contributed by atoms with Gasteiger partial charge < -0.3 is 19.5 Å². The summed E-state index contributed by atoms with van der Waals surface area (Å²) in [5, 5.41) is 3.52. The zero-order valence-corrected chi connectivity index (χ0v) is 12.4. The summed E-state index contributed by atoms with van der Waals surface area (Å²) < 4.78 is 15.9. The zero-order chi connectivity index (χ0) is 14.4. The second-order valence-electron chi connectivity index (χ2n) is 4.99. The summed E-state index contributed by atoms with van der Waals surface area (Å²) in [5.74, 6) is 1.76. The highest BCUT2D eigenvalue weighted by Gasteiger charge is 2.21. The lowest BCUT2D eigenvalue weighted by Gasteiger charge is -2.28. The van der Waals surface area contributed by atoms with E-state index >= 15 is 0 Å². The van der Waals surface area contributed by atoms with Crippen molar-refractivity contribution >= 4 is 0 Å². The largest absolute Gasteiger partial charge is 0.481 e. The molecule has 6 heteroatoms. The second-order valence-corrected chi connectivity index (χ2v) is 4.99. The highest BCUT2D eigenvalue weighted by Crippen LogP contribution is 2.24. The Morgan fingerprint density at radius 1 is 1.25 bits per heavy atom. The van der Waals surface area contributed by atoms with Gasteiger partial charge in [-0.25, -0.2) is 9.97 Å². The van der Waals surface area contributed by atoms with Crippen molar-refractivity contribution in [1.29, 1.82) is 0 Å². The summed E-state index contributed by atoms with van der Waals surface area (Å²) in [4.78, 5) is 8.25. The van der Waals surface area contributed by atoms with Crippen LogP contribution in [0.4, 0.5) is 0 Å². The molecule has 112 valence electrons. The molecule has 2 rings (SSSR count). The van der Waals surface area contributed by atoms with E-state index in [1.807, 2.05) is 0 Å². The molecule has 1 aromatic heterocycles. The Bertz CT molecular complexity index is 400. The molecule has 0 amide bonds. The highest BCUT2D eigenvalue weighted by molar-refractivity contribution is 5.34. The third-order valence-corrected chi connectivity index (χ3v) is 3.83. The van der Waals surface area contributed by atoms with E-state index in [-0.39, 0.29) is 0 Å². The van der Waals surface area contributed by atoms with Crippen LogP contribution in [0.3, 0.4) is 0 Å². The quantitative estimate of drug-likeness (QED) is 0.850. The molecule has 1 aliphatic rings. The standard InChI is InChI=1S/C14H23N3O3/c1-10(11-4-6-20-7-5-11)15-8-12-13(18-2)16-9-17-14(12)19-3/h9-11,15H,4-8H2,1-3H3. The van der Waals surface area contributed by atoms with Gasteiger partial charge in [-0.2, -0.15) is 0 Å². The molecule has 0 aromatic carbocycles. The van der Waals surface area contributed by atoms with Gasteiger partial charge in [-0.1, -0.05) is 0 Å². The fourth-order valence-corrected chi connectivity index (χ4v) is 2.53. The minimum Gasteiger partial charge on any atom is -0.481 e. The summed E-state index contributed by atoms with van der Waals surface area (Å²) >= 11 is 0. The lowest BCUT2D eigenvalue weighted by molar-refractivity contribution is 0.0557. The van der Waals surface area contributed by atoms with E-state index < -0.39 is 0 Å². The number of nitrogens with one attached hydrogen (secondary N) is 1. The van der Waals surface area contributed by atoms with E-state index in [1.165, 1.54) is 6.33 Å². The van der Waals surface area contributed by atoms with Crippen LogP contribution in [0.25, 0.3) is 0 Å².